The van der Waals surface area contributed by atoms with Gasteiger partial charge in [0.2, 0.25) is 0 Å². The number of rotatable bonds is 4. The number of hydrogen-bond donors (Lipinski definition) is 1. The van der Waals surface area contributed by atoms with Crippen molar-refractivity contribution in [1.82, 2.24) is 4.90 Å². The van der Waals surface area contributed by atoms with Crippen LogP contribution in [0, 0.1) is 11.6 Å². The van der Waals surface area contributed by atoms with E-state index < -0.39 is 23.1 Å². The second-order valence-corrected chi connectivity index (χ2v) is 4.36. The maximum Gasteiger partial charge on any atom is 0.305 e. The lowest BCUT2D eigenvalue weighted by atomic mass is 9.87. The first-order chi connectivity index (χ1) is 7.77. The molecule has 5 heteroatoms. The van der Waals surface area contributed by atoms with Crippen molar-refractivity contribution in [3.05, 3.63) is 35.4 Å². The molecule has 1 aromatic carbocycles. The summed E-state index contributed by atoms with van der Waals surface area (Å²) in [5.74, 6) is -2.26. The maximum absolute atomic E-state index is 13.7. The summed E-state index contributed by atoms with van der Waals surface area (Å²) in [7, 11) is 3.26. The van der Waals surface area contributed by atoms with E-state index in [1.165, 1.54) is 0 Å². The fourth-order valence-corrected chi connectivity index (χ4v) is 1.70. The lowest BCUT2D eigenvalue weighted by Gasteiger charge is -2.36. The topological polar surface area (TPSA) is 40.5 Å². The molecule has 0 saturated carbocycles. The van der Waals surface area contributed by atoms with Gasteiger partial charge < -0.3 is 5.11 Å². The van der Waals surface area contributed by atoms with Gasteiger partial charge in [-0.2, -0.15) is 0 Å². The van der Waals surface area contributed by atoms with Crippen LogP contribution >= 0.6 is 0 Å². The molecular weight excluding hydrogens is 228 g/mol. The highest BCUT2D eigenvalue weighted by Gasteiger charge is 2.34. The Hall–Kier alpha value is -1.49. The molecule has 0 aliphatic heterocycles. The normalized spacial score (nSPS) is 14.7. The zero-order valence-corrected chi connectivity index (χ0v) is 10.00. The van der Waals surface area contributed by atoms with E-state index in [0.29, 0.717) is 0 Å². The Kier molecular flexibility index (Phi) is 3.83. The lowest BCUT2D eigenvalue weighted by Crippen LogP contribution is -2.41. The minimum atomic E-state index is -1.09. The van der Waals surface area contributed by atoms with E-state index in [0.717, 1.165) is 18.2 Å². The van der Waals surface area contributed by atoms with E-state index in [1.54, 1.807) is 25.9 Å². The smallest absolute Gasteiger partial charge is 0.305 e. The SMILES string of the molecule is CN(C)C(C)(CC(=O)O)c1cc(F)ccc1F. The van der Waals surface area contributed by atoms with Gasteiger partial charge in [0.25, 0.3) is 0 Å². The van der Waals surface area contributed by atoms with Crippen molar-refractivity contribution in [2.24, 2.45) is 0 Å². The fourth-order valence-electron chi connectivity index (χ4n) is 1.70. The monoisotopic (exact) mass is 243 g/mol. The zero-order chi connectivity index (χ0) is 13.2. The molecule has 0 aliphatic carbocycles. The van der Waals surface area contributed by atoms with E-state index in [-0.39, 0.29) is 12.0 Å². The molecule has 0 amide bonds. The predicted octanol–water partition coefficient (Wildman–Crippen LogP) is 2.22. The highest BCUT2D eigenvalue weighted by molar-refractivity contribution is 5.68. The van der Waals surface area contributed by atoms with Crippen molar-refractivity contribution < 1.29 is 18.7 Å². The largest absolute Gasteiger partial charge is 0.481 e. The van der Waals surface area contributed by atoms with Crippen LogP contribution < -0.4 is 0 Å². The van der Waals surface area contributed by atoms with E-state index in [4.69, 9.17) is 5.11 Å². The number of benzene rings is 1. The number of carbonyl (C=O) groups is 1. The molecule has 1 unspecified atom stereocenters. The summed E-state index contributed by atoms with van der Waals surface area (Å²) in [5.41, 5.74) is -1.04. The van der Waals surface area contributed by atoms with Gasteiger partial charge in [-0.1, -0.05) is 0 Å². The van der Waals surface area contributed by atoms with Crippen molar-refractivity contribution >= 4 is 5.97 Å². The standard InChI is InChI=1S/C12H15F2NO2/c1-12(15(2)3,7-11(16)17)9-6-8(13)4-5-10(9)14/h4-6H,7H2,1-3H3,(H,16,17). The Morgan fingerprint density at radius 1 is 1.41 bits per heavy atom. The molecule has 3 nitrogen and oxygen atoms in total. The molecule has 1 atom stereocenters. The number of aliphatic carboxylic acids is 1. The van der Waals surface area contributed by atoms with E-state index in [2.05, 4.69) is 0 Å². The summed E-state index contributed by atoms with van der Waals surface area (Å²) in [5, 5.41) is 8.88. The van der Waals surface area contributed by atoms with Crippen molar-refractivity contribution in [1.29, 1.82) is 0 Å². The van der Waals surface area contributed by atoms with Crippen LogP contribution in [0.4, 0.5) is 8.78 Å². The number of halogens is 2. The molecule has 0 radical (unpaired) electrons. The van der Waals surface area contributed by atoms with Crippen molar-refractivity contribution in [3.8, 4) is 0 Å². The highest BCUT2D eigenvalue weighted by atomic mass is 19.1. The van der Waals surface area contributed by atoms with Gasteiger partial charge in [-0.05, 0) is 39.2 Å². The third-order valence-electron chi connectivity index (χ3n) is 2.99. The molecular formula is C12H15F2NO2. The third-order valence-corrected chi connectivity index (χ3v) is 2.99. The molecule has 0 heterocycles. The van der Waals surface area contributed by atoms with Gasteiger partial charge in [0.15, 0.2) is 0 Å². The Morgan fingerprint density at radius 3 is 2.47 bits per heavy atom. The van der Waals surface area contributed by atoms with Gasteiger partial charge in [0.1, 0.15) is 11.6 Å². The second kappa shape index (κ2) is 4.79. The third kappa shape index (κ3) is 2.79. The number of carboxylic acids is 1. The van der Waals surface area contributed by atoms with Gasteiger partial charge in [0.05, 0.1) is 12.0 Å². The van der Waals surface area contributed by atoms with Gasteiger partial charge in [-0.15, -0.1) is 0 Å². The minimum absolute atomic E-state index is 0.0462. The van der Waals surface area contributed by atoms with Crippen molar-refractivity contribution in [2.75, 3.05) is 14.1 Å². The number of hydrogen-bond acceptors (Lipinski definition) is 2. The summed E-state index contributed by atoms with van der Waals surface area (Å²) in [6.45, 7) is 1.57. The molecule has 1 N–H and O–H groups in total. The molecule has 17 heavy (non-hydrogen) atoms. The lowest BCUT2D eigenvalue weighted by molar-refractivity contribution is -0.140. The summed E-state index contributed by atoms with van der Waals surface area (Å²) in [6, 6.07) is 3.06. The molecule has 1 rings (SSSR count). The highest BCUT2D eigenvalue weighted by Crippen LogP contribution is 2.32. The molecule has 0 aliphatic rings. The van der Waals surface area contributed by atoms with Gasteiger partial charge >= 0.3 is 5.97 Å². The Balaban J connectivity index is 3.31. The van der Waals surface area contributed by atoms with Gasteiger partial charge in [-0.3, -0.25) is 9.69 Å². The van der Waals surface area contributed by atoms with Crippen LogP contribution in [0.5, 0.6) is 0 Å². The van der Waals surface area contributed by atoms with E-state index >= 15 is 0 Å². The van der Waals surface area contributed by atoms with Crippen LogP contribution in [0.25, 0.3) is 0 Å². The van der Waals surface area contributed by atoms with Crippen LogP contribution in [0.3, 0.4) is 0 Å². The van der Waals surface area contributed by atoms with Crippen LogP contribution in [-0.2, 0) is 10.3 Å². The van der Waals surface area contributed by atoms with Gasteiger partial charge in [-0.25, -0.2) is 8.78 Å². The quantitative estimate of drug-likeness (QED) is 0.881. The van der Waals surface area contributed by atoms with Crippen LogP contribution in [0.1, 0.15) is 18.9 Å². The van der Waals surface area contributed by atoms with Crippen molar-refractivity contribution in [3.63, 3.8) is 0 Å². The molecule has 0 aromatic heterocycles. The molecule has 94 valence electrons. The summed E-state index contributed by atoms with van der Waals surface area (Å²) in [6.07, 6.45) is -0.305. The van der Waals surface area contributed by atoms with E-state index in [1.807, 2.05) is 0 Å². The average Bonchev–Trinajstić information content (AvgIpc) is 2.20. The average molecular weight is 243 g/mol. The summed E-state index contributed by atoms with van der Waals surface area (Å²) in [4.78, 5) is 12.4. The first-order valence-corrected chi connectivity index (χ1v) is 5.12. The first kappa shape index (κ1) is 13.6. The second-order valence-electron chi connectivity index (χ2n) is 4.36. The Bertz CT molecular complexity index is 435. The van der Waals surface area contributed by atoms with Crippen LogP contribution in [0.2, 0.25) is 0 Å². The van der Waals surface area contributed by atoms with Gasteiger partial charge in [0, 0.05) is 5.56 Å². The molecule has 0 spiro atoms. The summed E-state index contributed by atoms with van der Waals surface area (Å²) < 4.78 is 26.8. The zero-order valence-electron chi connectivity index (χ0n) is 10.00. The fraction of sp³-hybridized carbons (Fsp3) is 0.417. The molecule has 0 bridgehead atoms. The Labute approximate surface area is 98.7 Å². The molecule has 1 aromatic rings. The van der Waals surface area contributed by atoms with Crippen LogP contribution in [0.15, 0.2) is 18.2 Å². The predicted molar refractivity (Wildman–Crippen MR) is 59.6 cm³/mol. The minimum Gasteiger partial charge on any atom is -0.481 e. The number of nitrogens with zero attached hydrogens (tertiary/aromatic N) is 1. The molecule has 0 saturated heterocycles. The maximum atomic E-state index is 13.7. The molecule has 0 fully saturated rings. The van der Waals surface area contributed by atoms with E-state index in [9.17, 15) is 13.6 Å². The first-order valence-electron chi connectivity index (χ1n) is 5.12. The van der Waals surface area contributed by atoms with Crippen LogP contribution in [-0.4, -0.2) is 30.1 Å². The Morgan fingerprint density at radius 2 is 2.00 bits per heavy atom. The summed E-state index contributed by atoms with van der Waals surface area (Å²) >= 11 is 0. The van der Waals surface area contributed by atoms with Crippen molar-refractivity contribution in [2.45, 2.75) is 18.9 Å². The number of carboxylic acid groups (broad SMARTS) is 1.